The van der Waals surface area contributed by atoms with E-state index in [-0.39, 0.29) is 29.4 Å². The minimum Gasteiger partial charge on any atom is -0.351 e. The number of halogens is 1. The van der Waals surface area contributed by atoms with Crippen LogP contribution in [0.2, 0.25) is 0 Å². The van der Waals surface area contributed by atoms with Gasteiger partial charge in [-0.3, -0.25) is 9.59 Å². The van der Waals surface area contributed by atoms with Crippen molar-refractivity contribution in [3.8, 4) is 0 Å². The van der Waals surface area contributed by atoms with Gasteiger partial charge in [0, 0.05) is 31.1 Å². The van der Waals surface area contributed by atoms with Gasteiger partial charge in [-0.1, -0.05) is 18.2 Å². The first kappa shape index (κ1) is 14.6. The molecule has 0 aliphatic carbocycles. The fourth-order valence-electron chi connectivity index (χ4n) is 2.14. The smallest absolute Gasteiger partial charge is 0.261 e. The lowest BCUT2D eigenvalue weighted by Gasteiger charge is -2.26. The van der Waals surface area contributed by atoms with Crippen molar-refractivity contribution in [2.45, 2.75) is 0 Å². The van der Waals surface area contributed by atoms with Crippen molar-refractivity contribution in [2.24, 2.45) is 5.92 Å². The number of amides is 1. The molecule has 3 N–H and O–H groups in total. The van der Waals surface area contributed by atoms with Gasteiger partial charge in [0.2, 0.25) is 0 Å². The Labute approximate surface area is 122 Å². The maximum Gasteiger partial charge on any atom is 0.261 e. The number of para-hydroxylation sites is 1. The van der Waals surface area contributed by atoms with E-state index in [2.05, 4.69) is 15.6 Å². The zero-order chi connectivity index (χ0) is 13.2. The van der Waals surface area contributed by atoms with Crippen molar-refractivity contribution in [3.05, 3.63) is 46.2 Å². The summed E-state index contributed by atoms with van der Waals surface area (Å²) in [5.41, 5.74) is 0.571. The van der Waals surface area contributed by atoms with Gasteiger partial charge in [-0.25, -0.2) is 0 Å². The van der Waals surface area contributed by atoms with Gasteiger partial charge in [0.25, 0.3) is 11.5 Å². The van der Waals surface area contributed by atoms with Gasteiger partial charge < -0.3 is 15.6 Å². The molecule has 1 fully saturated rings. The molecule has 0 saturated carbocycles. The molecule has 6 heteroatoms. The van der Waals surface area contributed by atoms with E-state index in [4.69, 9.17) is 0 Å². The van der Waals surface area contributed by atoms with Gasteiger partial charge in [-0.05, 0) is 17.5 Å². The van der Waals surface area contributed by atoms with E-state index in [1.54, 1.807) is 6.07 Å². The lowest BCUT2D eigenvalue weighted by Crippen LogP contribution is -2.48. The highest BCUT2D eigenvalue weighted by Gasteiger charge is 2.18. The molecule has 3 rings (SSSR count). The van der Waals surface area contributed by atoms with Crippen LogP contribution in [0.25, 0.3) is 10.9 Å². The van der Waals surface area contributed by atoms with Gasteiger partial charge in [0.15, 0.2) is 0 Å². The van der Waals surface area contributed by atoms with Crippen LogP contribution in [0.5, 0.6) is 0 Å². The zero-order valence-electron chi connectivity index (χ0n) is 10.8. The molecule has 20 heavy (non-hydrogen) atoms. The van der Waals surface area contributed by atoms with Crippen molar-refractivity contribution in [2.75, 3.05) is 19.6 Å². The summed E-state index contributed by atoms with van der Waals surface area (Å²) in [7, 11) is 0. The molecule has 106 valence electrons. The molecule has 1 aliphatic heterocycles. The fourth-order valence-corrected chi connectivity index (χ4v) is 2.14. The molecule has 0 spiro atoms. The number of carbonyl (C=O) groups excluding carboxylic acids is 1. The average molecular weight is 294 g/mol. The average Bonchev–Trinajstić information content (AvgIpc) is 2.36. The van der Waals surface area contributed by atoms with Crippen molar-refractivity contribution in [1.29, 1.82) is 0 Å². The number of carbonyl (C=O) groups is 1. The largest absolute Gasteiger partial charge is 0.351 e. The standard InChI is InChI=1S/C14H15N3O2.ClH/c18-13(16-8-9-6-15-7-9)11-5-10-3-1-2-4-12(10)17-14(11)19;/h1-5,9,15H,6-8H2,(H,16,18)(H,17,19);1H. The number of hydrogen-bond donors (Lipinski definition) is 3. The summed E-state index contributed by atoms with van der Waals surface area (Å²) in [6, 6.07) is 9.06. The predicted octanol–water partition coefficient (Wildman–Crippen LogP) is 0.899. The third-order valence-corrected chi connectivity index (χ3v) is 3.42. The van der Waals surface area contributed by atoms with E-state index in [1.807, 2.05) is 24.3 Å². The molecule has 0 atom stereocenters. The number of H-pyrrole nitrogens is 1. The van der Waals surface area contributed by atoms with Gasteiger partial charge in [-0.15, -0.1) is 12.4 Å². The van der Waals surface area contributed by atoms with Gasteiger partial charge in [0.1, 0.15) is 5.56 Å². The van der Waals surface area contributed by atoms with Gasteiger partial charge >= 0.3 is 0 Å². The number of benzene rings is 1. The van der Waals surface area contributed by atoms with Gasteiger partial charge in [0.05, 0.1) is 0 Å². The summed E-state index contributed by atoms with van der Waals surface area (Å²) in [6.45, 7) is 2.46. The molecule has 0 bridgehead atoms. The summed E-state index contributed by atoms with van der Waals surface area (Å²) in [4.78, 5) is 26.6. The SMILES string of the molecule is Cl.O=C(NCC1CNC1)c1cc2ccccc2[nH]c1=O. The molecule has 1 saturated heterocycles. The van der Waals surface area contributed by atoms with Crippen molar-refractivity contribution in [1.82, 2.24) is 15.6 Å². The number of nitrogens with one attached hydrogen (secondary N) is 3. The van der Waals surface area contributed by atoms with Crippen molar-refractivity contribution in [3.63, 3.8) is 0 Å². The van der Waals surface area contributed by atoms with E-state index >= 15 is 0 Å². The van der Waals surface area contributed by atoms with Crippen LogP contribution in [0.1, 0.15) is 10.4 Å². The number of aromatic nitrogens is 1. The van der Waals surface area contributed by atoms with Crippen LogP contribution in [0.4, 0.5) is 0 Å². The molecular formula is C14H16ClN3O2. The van der Waals surface area contributed by atoms with Gasteiger partial charge in [-0.2, -0.15) is 0 Å². The second kappa shape index (κ2) is 6.07. The lowest BCUT2D eigenvalue weighted by molar-refractivity contribution is 0.0941. The molecule has 5 nitrogen and oxygen atoms in total. The topological polar surface area (TPSA) is 74.0 Å². The Balaban J connectivity index is 0.00000147. The minimum absolute atomic E-state index is 0. The first-order valence-electron chi connectivity index (χ1n) is 6.35. The number of pyridine rings is 1. The fraction of sp³-hybridized carbons (Fsp3) is 0.286. The second-order valence-corrected chi connectivity index (χ2v) is 4.83. The van der Waals surface area contributed by atoms with E-state index in [9.17, 15) is 9.59 Å². The monoisotopic (exact) mass is 293 g/mol. The Kier molecular flexibility index (Phi) is 4.42. The van der Waals surface area contributed by atoms with Crippen LogP contribution < -0.4 is 16.2 Å². The molecule has 1 aromatic carbocycles. The highest BCUT2D eigenvalue weighted by atomic mass is 35.5. The van der Waals surface area contributed by atoms with E-state index in [1.165, 1.54) is 0 Å². The quantitative estimate of drug-likeness (QED) is 0.787. The molecule has 1 aliphatic rings. The third-order valence-electron chi connectivity index (χ3n) is 3.42. The van der Waals surface area contributed by atoms with E-state index in [0.717, 1.165) is 24.0 Å². The molecule has 0 unspecified atom stereocenters. The molecule has 2 heterocycles. The van der Waals surface area contributed by atoms with Crippen LogP contribution in [0, 0.1) is 5.92 Å². The van der Waals surface area contributed by atoms with E-state index < -0.39 is 0 Å². The molecular weight excluding hydrogens is 278 g/mol. The Morgan fingerprint density at radius 3 is 2.75 bits per heavy atom. The maximum absolute atomic E-state index is 12.0. The highest BCUT2D eigenvalue weighted by molar-refractivity contribution is 5.97. The molecule has 0 radical (unpaired) electrons. The minimum atomic E-state index is -0.345. The van der Waals surface area contributed by atoms with Crippen molar-refractivity contribution >= 4 is 29.2 Å². The number of fused-ring (bicyclic) bond motifs is 1. The summed E-state index contributed by atoms with van der Waals surface area (Å²) in [5, 5.41) is 6.81. The first-order chi connectivity index (χ1) is 9.24. The Morgan fingerprint density at radius 1 is 1.30 bits per heavy atom. The summed E-state index contributed by atoms with van der Waals surface area (Å²) >= 11 is 0. The van der Waals surface area contributed by atoms with Crippen LogP contribution in [0.15, 0.2) is 35.1 Å². The lowest BCUT2D eigenvalue weighted by atomic mass is 10.0. The highest BCUT2D eigenvalue weighted by Crippen LogP contribution is 2.10. The van der Waals surface area contributed by atoms with E-state index in [0.29, 0.717) is 12.5 Å². The second-order valence-electron chi connectivity index (χ2n) is 4.83. The summed E-state index contributed by atoms with van der Waals surface area (Å²) < 4.78 is 0. The first-order valence-corrected chi connectivity index (χ1v) is 6.35. The van der Waals surface area contributed by atoms with Crippen LogP contribution >= 0.6 is 12.4 Å². The number of aromatic amines is 1. The molecule has 1 aromatic heterocycles. The van der Waals surface area contributed by atoms with Crippen LogP contribution in [-0.2, 0) is 0 Å². The predicted molar refractivity (Wildman–Crippen MR) is 80.5 cm³/mol. The Hall–Kier alpha value is -1.85. The summed E-state index contributed by atoms with van der Waals surface area (Å²) in [5.74, 6) is 0.169. The normalized spacial score (nSPS) is 14.4. The van der Waals surface area contributed by atoms with Crippen molar-refractivity contribution < 1.29 is 4.79 Å². The zero-order valence-corrected chi connectivity index (χ0v) is 11.6. The van der Waals surface area contributed by atoms with Crippen LogP contribution in [-0.4, -0.2) is 30.5 Å². The number of hydrogen-bond acceptors (Lipinski definition) is 3. The third kappa shape index (κ3) is 2.84. The van der Waals surface area contributed by atoms with Crippen LogP contribution in [0.3, 0.4) is 0 Å². The summed E-state index contributed by atoms with van der Waals surface area (Å²) in [6.07, 6.45) is 0. The number of rotatable bonds is 3. The Morgan fingerprint density at radius 2 is 2.05 bits per heavy atom. The molecule has 2 aromatic rings. The Bertz CT molecular complexity index is 679. The maximum atomic E-state index is 12.0. The molecule has 1 amide bonds.